The number of rotatable bonds is 5. The number of carbonyl (C=O) groups excluding carboxylic acids is 2. The number of non-ortho nitro benzene ring substituents is 1. The van der Waals surface area contributed by atoms with Crippen molar-refractivity contribution in [3.63, 3.8) is 0 Å². The number of benzene rings is 1. The van der Waals surface area contributed by atoms with Crippen LogP contribution in [0.4, 0.5) is 11.4 Å². The summed E-state index contributed by atoms with van der Waals surface area (Å²) < 4.78 is 0. The summed E-state index contributed by atoms with van der Waals surface area (Å²) in [6.45, 7) is 3.24. The second-order valence-electron chi connectivity index (χ2n) is 7.26. The first-order chi connectivity index (χ1) is 13.0. The molecule has 0 aromatic heterocycles. The molecule has 0 atom stereocenters. The number of hydrogen-bond donors (Lipinski definition) is 1. The minimum atomic E-state index is -0.494. The Bertz CT molecular complexity index is 722. The molecule has 2 fully saturated rings. The minimum absolute atomic E-state index is 0.0940. The van der Waals surface area contributed by atoms with Crippen LogP contribution in [-0.2, 0) is 4.79 Å². The van der Waals surface area contributed by atoms with Gasteiger partial charge in [0.05, 0.1) is 16.2 Å². The first kappa shape index (κ1) is 19.1. The summed E-state index contributed by atoms with van der Waals surface area (Å²) in [4.78, 5) is 39.1. The molecule has 2 saturated heterocycles. The van der Waals surface area contributed by atoms with Crippen molar-refractivity contribution in [2.75, 3.05) is 38.1 Å². The molecule has 146 valence electrons. The van der Waals surface area contributed by atoms with Gasteiger partial charge in [0.1, 0.15) is 0 Å². The highest BCUT2D eigenvalue weighted by molar-refractivity contribution is 6.00. The van der Waals surface area contributed by atoms with Gasteiger partial charge in [-0.3, -0.25) is 19.7 Å². The van der Waals surface area contributed by atoms with Gasteiger partial charge in [-0.25, -0.2) is 0 Å². The molecule has 0 spiro atoms. The lowest BCUT2D eigenvalue weighted by Gasteiger charge is -2.34. The molecule has 0 aliphatic carbocycles. The van der Waals surface area contributed by atoms with Crippen molar-refractivity contribution >= 4 is 23.2 Å². The molecule has 2 aliphatic rings. The summed E-state index contributed by atoms with van der Waals surface area (Å²) in [5.41, 5.74) is 0.936. The molecular weight excluding hydrogens is 348 g/mol. The van der Waals surface area contributed by atoms with E-state index < -0.39 is 4.92 Å². The Morgan fingerprint density at radius 3 is 2.44 bits per heavy atom. The van der Waals surface area contributed by atoms with Gasteiger partial charge in [0.25, 0.3) is 11.6 Å². The number of piperidine rings is 1. The van der Waals surface area contributed by atoms with Crippen molar-refractivity contribution in [2.45, 2.75) is 32.1 Å². The molecule has 0 radical (unpaired) electrons. The average Bonchev–Trinajstić information content (AvgIpc) is 3.22. The largest absolute Gasteiger partial charge is 0.371 e. The molecule has 3 rings (SSSR count). The van der Waals surface area contributed by atoms with Gasteiger partial charge >= 0.3 is 0 Å². The zero-order valence-corrected chi connectivity index (χ0v) is 15.6. The Hall–Kier alpha value is -2.64. The summed E-state index contributed by atoms with van der Waals surface area (Å²) >= 11 is 0. The van der Waals surface area contributed by atoms with Crippen LogP contribution in [0.2, 0.25) is 0 Å². The van der Waals surface area contributed by atoms with Gasteiger partial charge in [-0.05, 0) is 37.7 Å². The van der Waals surface area contributed by atoms with E-state index >= 15 is 0 Å². The third kappa shape index (κ3) is 4.37. The van der Waals surface area contributed by atoms with Crippen LogP contribution in [0.15, 0.2) is 18.2 Å². The highest BCUT2D eigenvalue weighted by atomic mass is 16.6. The Morgan fingerprint density at radius 2 is 1.85 bits per heavy atom. The van der Waals surface area contributed by atoms with Gasteiger partial charge in [-0.15, -0.1) is 0 Å². The summed E-state index contributed by atoms with van der Waals surface area (Å²) in [7, 11) is 1.52. The molecule has 8 nitrogen and oxygen atoms in total. The van der Waals surface area contributed by atoms with Gasteiger partial charge < -0.3 is 15.1 Å². The van der Waals surface area contributed by atoms with E-state index in [1.807, 2.05) is 4.90 Å². The van der Waals surface area contributed by atoms with Crippen molar-refractivity contribution in [3.8, 4) is 0 Å². The number of nitro benzene ring substituents is 1. The fourth-order valence-corrected chi connectivity index (χ4v) is 3.95. The summed E-state index contributed by atoms with van der Waals surface area (Å²) in [6, 6.07) is 4.42. The minimum Gasteiger partial charge on any atom is -0.371 e. The second kappa shape index (κ2) is 8.37. The first-order valence-corrected chi connectivity index (χ1v) is 9.53. The molecule has 2 amide bonds. The zero-order chi connectivity index (χ0) is 19.4. The molecule has 8 heteroatoms. The fourth-order valence-electron chi connectivity index (χ4n) is 3.95. The van der Waals surface area contributed by atoms with Gasteiger partial charge in [0.15, 0.2) is 0 Å². The molecular formula is C19H26N4O4. The Balaban J connectivity index is 1.65. The van der Waals surface area contributed by atoms with Crippen LogP contribution >= 0.6 is 0 Å². The maximum Gasteiger partial charge on any atom is 0.270 e. The maximum atomic E-state index is 12.3. The molecule has 1 aromatic rings. The van der Waals surface area contributed by atoms with Crippen molar-refractivity contribution in [1.82, 2.24) is 10.2 Å². The van der Waals surface area contributed by atoms with Crippen LogP contribution in [-0.4, -0.2) is 54.9 Å². The van der Waals surface area contributed by atoms with Crippen molar-refractivity contribution < 1.29 is 14.5 Å². The zero-order valence-electron chi connectivity index (χ0n) is 15.6. The first-order valence-electron chi connectivity index (χ1n) is 9.53. The molecule has 27 heavy (non-hydrogen) atoms. The predicted molar refractivity (Wildman–Crippen MR) is 102 cm³/mol. The van der Waals surface area contributed by atoms with Crippen LogP contribution in [0.3, 0.4) is 0 Å². The second-order valence-corrected chi connectivity index (χ2v) is 7.26. The Labute approximate surface area is 158 Å². The molecule has 2 aliphatic heterocycles. The number of nitro groups is 1. The molecule has 0 saturated carbocycles. The standard InChI is InChI=1S/C19H26N4O4/c1-20-19(25)16-13-15(23(26)27)4-5-17(16)21-10-6-14(7-11-21)12-18(24)22-8-2-3-9-22/h4-5,13-14H,2-3,6-12H2,1H3,(H,20,25). The average molecular weight is 374 g/mol. The molecule has 1 aromatic carbocycles. The van der Waals surface area contributed by atoms with Crippen molar-refractivity contribution in [3.05, 3.63) is 33.9 Å². The lowest BCUT2D eigenvalue weighted by atomic mass is 9.92. The lowest BCUT2D eigenvalue weighted by molar-refractivity contribution is -0.384. The van der Waals surface area contributed by atoms with Crippen LogP contribution < -0.4 is 10.2 Å². The van der Waals surface area contributed by atoms with E-state index in [0.717, 1.165) is 51.9 Å². The quantitative estimate of drug-likeness (QED) is 0.629. The predicted octanol–water partition coefficient (Wildman–Crippen LogP) is 2.18. The Kier molecular flexibility index (Phi) is 5.93. The smallest absolute Gasteiger partial charge is 0.270 e. The van der Waals surface area contributed by atoms with E-state index in [1.54, 1.807) is 6.07 Å². The van der Waals surface area contributed by atoms with Gasteiger partial charge in [0, 0.05) is 51.8 Å². The number of nitrogens with zero attached hydrogens (tertiary/aromatic N) is 3. The number of nitrogens with one attached hydrogen (secondary N) is 1. The van der Waals surface area contributed by atoms with E-state index in [2.05, 4.69) is 10.2 Å². The van der Waals surface area contributed by atoms with Crippen molar-refractivity contribution in [1.29, 1.82) is 0 Å². The number of likely N-dealkylation sites (tertiary alicyclic amines) is 1. The van der Waals surface area contributed by atoms with Crippen LogP contribution in [0.25, 0.3) is 0 Å². The molecule has 1 N–H and O–H groups in total. The van der Waals surface area contributed by atoms with E-state index in [0.29, 0.717) is 23.6 Å². The summed E-state index contributed by atoms with van der Waals surface area (Å²) in [6.07, 6.45) is 4.56. The number of hydrogen-bond acceptors (Lipinski definition) is 5. The maximum absolute atomic E-state index is 12.3. The van der Waals surface area contributed by atoms with Crippen LogP contribution in [0.1, 0.15) is 42.5 Å². The van der Waals surface area contributed by atoms with Gasteiger partial charge in [0.2, 0.25) is 5.91 Å². The van der Waals surface area contributed by atoms with E-state index in [-0.39, 0.29) is 17.5 Å². The van der Waals surface area contributed by atoms with Gasteiger partial charge in [-0.1, -0.05) is 0 Å². The fraction of sp³-hybridized carbons (Fsp3) is 0.579. The van der Waals surface area contributed by atoms with Crippen LogP contribution in [0.5, 0.6) is 0 Å². The SMILES string of the molecule is CNC(=O)c1cc([N+](=O)[O-])ccc1N1CCC(CC(=O)N2CCCC2)CC1. The highest BCUT2D eigenvalue weighted by Gasteiger charge is 2.27. The lowest BCUT2D eigenvalue weighted by Crippen LogP contribution is -2.37. The molecule has 0 unspecified atom stereocenters. The molecule has 0 bridgehead atoms. The topological polar surface area (TPSA) is 95.8 Å². The third-order valence-corrected chi connectivity index (χ3v) is 5.54. The van der Waals surface area contributed by atoms with E-state index in [9.17, 15) is 19.7 Å². The normalized spacial score (nSPS) is 17.8. The van der Waals surface area contributed by atoms with Gasteiger partial charge in [-0.2, -0.15) is 0 Å². The summed E-state index contributed by atoms with van der Waals surface area (Å²) in [5, 5.41) is 13.6. The number of carbonyl (C=O) groups is 2. The Morgan fingerprint density at radius 1 is 1.19 bits per heavy atom. The van der Waals surface area contributed by atoms with Crippen LogP contribution in [0, 0.1) is 16.0 Å². The van der Waals surface area contributed by atoms with Crippen molar-refractivity contribution in [2.24, 2.45) is 5.92 Å². The number of anilines is 1. The third-order valence-electron chi connectivity index (χ3n) is 5.54. The number of amides is 2. The summed E-state index contributed by atoms with van der Waals surface area (Å²) in [5.74, 6) is 0.281. The van der Waals surface area contributed by atoms with E-state index in [1.165, 1.54) is 19.2 Å². The molecule has 2 heterocycles. The monoisotopic (exact) mass is 374 g/mol. The highest BCUT2D eigenvalue weighted by Crippen LogP contribution is 2.30. The van der Waals surface area contributed by atoms with E-state index in [4.69, 9.17) is 0 Å².